The Labute approximate surface area is 128 Å². The molecule has 2 aromatic rings. The quantitative estimate of drug-likeness (QED) is 0.891. The highest BCUT2D eigenvalue weighted by atomic mass is 32.1. The highest BCUT2D eigenvalue weighted by Crippen LogP contribution is 2.28. The fourth-order valence-electron chi connectivity index (χ4n) is 1.87. The van der Waals surface area contributed by atoms with Gasteiger partial charge < -0.3 is 15.4 Å². The fraction of sp³-hybridized carbons (Fsp3) is 0.467. The van der Waals surface area contributed by atoms with Gasteiger partial charge in [-0.15, -0.1) is 0 Å². The maximum absolute atomic E-state index is 11.7. The van der Waals surface area contributed by atoms with E-state index in [1.807, 2.05) is 39.0 Å². The molecule has 0 saturated heterocycles. The molecule has 0 unspecified atom stereocenters. The van der Waals surface area contributed by atoms with Crippen LogP contribution in [-0.2, 0) is 4.79 Å². The molecule has 0 aliphatic carbocycles. The molecule has 0 bridgehead atoms. The minimum Gasteiger partial charge on any atom is -0.497 e. The van der Waals surface area contributed by atoms with Crippen LogP contribution in [0.5, 0.6) is 5.75 Å². The largest absolute Gasteiger partial charge is 0.497 e. The summed E-state index contributed by atoms with van der Waals surface area (Å²) in [5, 5.41) is 6.95. The molecule has 0 aliphatic rings. The Morgan fingerprint density at radius 2 is 2.14 bits per heavy atom. The van der Waals surface area contributed by atoms with Gasteiger partial charge in [0.1, 0.15) is 5.75 Å². The molecule has 1 aromatic carbocycles. The van der Waals surface area contributed by atoms with E-state index in [9.17, 15) is 4.79 Å². The maximum Gasteiger partial charge on any atom is 0.222 e. The number of carbonyl (C=O) groups excluding carboxylic acids is 1. The summed E-state index contributed by atoms with van der Waals surface area (Å²) in [4.78, 5) is 16.2. The molecule has 2 N–H and O–H groups in total. The van der Waals surface area contributed by atoms with Crippen molar-refractivity contribution in [1.29, 1.82) is 0 Å². The number of methoxy groups -OCH3 is 1. The predicted octanol–water partition coefficient (Wildman–Crippen LogP) is 3.02. The number of nitrogens with zero attached hydrogens (tertiary/aromatic N) is 1. The molecule has 2 rings (SSSR count). The zero-order valence-electron chi connectivity index (χ0n) is 12.8. The van der Waals surface area contributed by atoms with Crippen LogP contribution < -0.4 is 15.4 Å². The van der Waals surface area contributed by atoms with E-state index in [4.69, 9.17) is 4.74 Å². The Morgan fingerprint density at radius 1 is 1.38 bits per heavy atom. The van der Waals surface area contributed by atoms with E-state index in [1.165, 1.54) is 0 Å². The molecule has 0 spiro atoms. The molecule has 114 valence electrons. The van der Waals surface area contributed by atoms with Gasteiger partial charge in [-0.3, -0.25) is 4.79 Å². The lowest BCUT2D eigenvalue weighted by Gasteiger charge is -2.20. The molecule has 21 heavy (non-hydrogen) atoms. The fourth-order valence-corrected chi connectivity index (χ4v) is 2.79. The van der Waals surface area contributed by atoms with Crippen LogP contribution >= 0.6 is 11.3 Å². The van der Waals surface area contributed by atoms with Crippen LogP contribution in [0.4, 0.5) is 5.13 Å². The average Bonchev–Trinajstić information content (AvgIpc) is 2.77. The number of rotatable bonds is 5. The minimum absolute atomic E-state index is 0.0396. The van der Waals surface area contributed by atoms with Gasteiger partial charge in [0.15, 0.2) is 5.13 Å². The van der Waals surface area contributed by atoms with Crippen molar-refractivity contribution in [2.75, 3.05) is 19.0 Å². The lowest BCUT2D eigenvalue weighted by molar-refractivity contribution is -0.122. The van der Waals surface area contributed by atoms with Crippen LogP contribution in [0.15, 0.2) is 18.2 Å². The zero-order chi connectivity index (χ0) is 15.5. The summed E-state index contributed by atoms with van der Waals surface area (Å²) in [6.07, 6.45) is 0.427. The van der Waals surface area contributed by atoms with Crippen LogP contribution in [0.25, 0.3) is 10.2 Å². The smallest absolute Gasteiger partial charge is 0.222 e. The number of hydrogen-bond acceptors (Lipinski definition) is 5. The average molecular weight is 307 g/mol. The Balaban J connectivity index is 1.90. The number of anilines is 1. The predicted molar refractivity (Wildman–Crippen MR) is 87.2 cm³/mol. The number of aromatic nitrogens is 1. The van der Waals surface area contributed by atoms with Gasteiger partial charge in [-0.05, 0) is 39.0 Å². The Bertz CT molecular complexity index is 631. The van der Waals surface area contributed by atoms with Crippen molar-refractivity contribution in [3.63, 3.8) is 0 Å². The minimum atomic E-state index is -0.191. The normalized spacial score (nSPS) is 11.4. The van der Waals surface area contributed by atoms with E-state index >= 15 is 0 Å². The summed E-state index contributed by atoms with van der Waals surface area (Å²) < 4.78 is 6.26. The molecule has 0 radical (unpaired) electrons. The summed E-state index contributed by atoms with van der Waals surface area (Å²) in [6.45, 7) is 6.48. The second kappa shape index (κ2) is 6.30. The molecule has 1 amide bonds. The third kappa shape index (κ3) is 4.60. The van der Waals surface area contributed by atoms with Crippen LogP contribution in [0.3, 0.4) is 0 Å². The molecule has 6 heteroatoms. The van der Waals surface area contributed by atoms with Crippen LogP contribution in [0.2, 0.25) is 0 Å². The third-order valence-corrected chi connectivity index (χ3v) is 3.71. The van der Waals surface area contributed by atoms with Crippen molar-refractivity contribution < 1.29 is 9.53 Å². The lowest BCUT2D eigenvalue weighted by atomic mass is 10.1. The standard InChI is InChI=1S/C15H21N3O2S/c1-15(2,3)18-13(19)7-8-16-14-17-11-6-5-10(20-4)9-12(11)21-14/h5-6,9H,7-8H2,1-4H3,(H,16,17)(H,18,19). The first kappa shape index (κ1) is 15.6. The number of hydrogen-bond donors (Lipinski definition) is 2. The van der Waals surface area contributed by atoms with Crippen molar-refractivity contribution in [2.45, 2.75) is 32.7 Å². The number of amides is 1. The number of nitrogens with one attached hydrogen (secondary N) is 2. The Hall–Kier alpha value is -1.82. The molecule has 1 heterocycles. The van der Waals surface area contributed by atoms with Gasteiger partial charge in [-0.1, -0.05) is 11.3 Å². The Morgan fingerprint density at radius 3 is 2.81 bits per heavy atom. The number of thiazole rings is 1. The summed E-state index contributed by atoms with van der Waals surface area (Å²) in [7, 11) is 1.65. The van der Waals surface area contributed by atoms with Crippen molar-refractivity contribution in [1.82, 2.24) is 10.3 Å². The second-order valence-corrected chi connectivity index (χ2v) is 6.86. The van der Waals surface area contributed by atoms with Gasteiger partial charge in [-0.25, -0.2) is 4.98 Å². The monoisotopic (exact) mass is 307 g/mol. The van der Waals surface area contributed by atoms with Crippen molar-refractivity contribution in [3.05, 3.63) is 18.2 Å². The van der Waals surface area contributed by atoms with Gasteiger partial charge in [0.2, 0.25) is 5.91 Å². The zero-order valence-corrected chi connectivity index (χ0v) is 13.6. The summed E-state index contributed by atoms with van der Waals surface area (Å²) in [5.41, 5.74) is 0.742. The van der Waals surface area contributed by atoms with E-state index in [-0.39, 0.29) is 11.4 Å². The molecule has 0 aliphatic heterocycles. The maximum atomic E-state index is 11.7. The summed E-state index contributed by atoms with van der Waals surface area (Å²) in [6, 6.07) is 5.79. The molecule has 0 fully saturated rings. The topological polar surface area (TPSA) is 63.2 Å². The molecule has 0 atom stereocenters. The van der Waals surface area contributed by atoms with Gasteiger partial charge in [0.05, 0.1) is 17.3 Å². The summed E-state index contributed by atoms with van der Waals surface area (Å²) >= 11 is 1.56. The Kier molecular flexibility index (Phi) is 4.67. The molecule has 5 nitrogen and oxygen atoms in total. The number of benzene rings is 1. The van der Waals surface area contributed by atoms with E-state index < -0.39 is 0 Å². The van der Waals surface area contributed by atoms with E-state index in [0.29, 0.717) is 13.0 Å². The van der Waals surface area contributed by atoms with E-state index in [1.54, 1.807) is 18.4 Å². The second-order valence-electron chi connectivity index (χ2n) is 5.83. The van der Waals surface area contributed by atoms with Crippen LogP contribution in [0, 0.1) is 0 Å². The third-order valence-electron chi connectivity index (χ3n) is 2.74. The van der Waals surface area contributed by atoms with Crippen LogP contribution in [-0.4, -0.2) is 30.1 Å². The van der Waals surface area contributed by atoms with Gasteiger partial charge >= 0.3 is 0 Å². The van der Waals surface area contributed by atoms with Gasteiger partial charge in [0, 0.05) is 18.5 Å². The molecule has 1 aromatic heterocycles. The first-order valence-corrected chi connectivity index (χ1v) is 7.68. The van der Waals surface area contributed by atoms with Gasteiger partial charge in [0.25, 0.3) is 0 Å². The van der Waals surface area contributed by atoms with Crippen molar-refractivity contribution in [3.8, 4) is 5.75 Å². The number of fused-ring (bicyclic) bond motifs is 1. The highest BCUT2D eigenvalue weighted by molar-refractivity contribution is 7.22. The van der Waals surface area contributed by atoms with E-state index in [0.717, 1.165) is 21.1 Å². The van der Waals surface area contributed by atoms with Crippen LogP contribution in [0.1, 0.15) is 27.2 Å². The van der Waals surface area contributed by atoms with Gasteiger partial charge in [-0.2, -0.15) is 0 Å². The first-order chi connectivity index (χ1) is 9.87. The number of carbonyl (C=O) groups is 1. The van der Waals surface area contributed by atoms with Crippen molar-refractivity contribution >= 4 is 32.6 Å². The lowest BCUT2D eigenvalue weighted by Crippen LogP contribution is -2.41. The molecular weight excluding hydrogens is 286 g/mol. The first-order valence-electron chi connectivity index (χ1n) is 6.87. The number of ether oxygens (including phenoxy) is 1. The SMILES string of the molecule is COc1ccc2nc(NCCC(=O)NC(C)(C)C)sc2c1. The van der Waals surface area contributed by atoms with Crippen molar-refractivity contribution in [2.24, 2.45) is 0 Å². The summed E-state index contributed by atoms with van der Waals surface area (Å²) in [5.74, 6) is 0.861. The molecule has 0 saturated carbocycles. The van der Waals surface area contributed by atoms with E-state index in [2.05, 4.69) is 15.6 Å². The highest BCUT2D eigenvalue weighted by Gasteiger charge is 2.13. The molecular formula is C15H21N3O2S.